The van der Waals surface area contributed by atoms with Gasteiger partial charge in [-0.3, -0.25) is 0 Å². The Kier molecular flexibility index (Phi) is 4.02. The molecular weight excluding hydrogens is 350 g/mol. The van der Waals surface area contributed by atoms with E-state index in [2.05, 4.69) is 35.4 Å². The molecule has 2 fully saturated rings. The van der Waals surface area contributed by atoms with E-state index in [0.717, 1.165) is 40.9 Å². The normalized spacial score (nSPS) is 22.9. The minimum Gasteiger partial charge on any atom is -0.385 e. The molecule has 0 saturated heterocycles. The minimum absolute atomic E-state index is 0.240. The average molecular weight is 376 g/mol. The van der Waals surface area contributed by atoms with E-state index < -0.39 is 0 Å². The smallest absolute Gasteiger partial charge is 0.103 e. The summed E-state index contributed by atoms with van der Waals surface area (Å²) in [6.07, 6.45) is 8.86. The van der Waals surface area contributed by atoms with Crippen molar-refractivity contribution >= 4 is 21.4 Å². The molecule has 27 heavy (non-hydrogen) atoms. The van der Waals surface area contributed by atoms with Crippen LogP contribution in [0.15, 0.2) is 46.7 Å². The number of hydrogen-bond acceptors (Lipinski definition) is 4. The predicted octanol–water partition coefficient (Wildman–Crippen LogP) is 5.46. The first-order valence-electron chi connectivity index (χ1n) is 10.0. The molecule has 2 aliphatic carbocycles. The quantitative estimate of drug-likeness (QED) is 0.755. The Bertz CT molecular complexity index is 998. The Hall–Kier alpha value is -2.25. The van der Waals surface area contributed by atoms with Crippen LogP contribution >= 0.6 is 11.3 Å². The molecule has 2 saturated carbocycles. The lowest BCUT2D eigenvalue weighted by Crippen LogP contribution is -2.34. The maximum absolute atomic E-state index is 9.45. The summed E-state index contributed by atoms with van der Waals surface area (Å²) >= 11 is 1.69. The van der Waals surface area contributed by atoms with E-state index in [1.165, 1.54) is 47.9 Å². The van der Waals surface area contributed by atoms with Crippen LogP contribution in [-0.2, 0) is 0 Å². The van der Waals surface area contributed by atoms with Crippen molar-refractivity contribution in [3.8, 4) is 6.07 Å². The van der Waals surface area contributed by atoms with E-state index in [1.807, 2.05) is 12.1 Å². The van der Waals surface area contributed by atoms with E-state index in [-0.39, 0.29) is 5.92 Å². The first kappa shape index (κ1) is 16.9. The van der Waals surface area contributed by atoms with Gasteiger partial charge in [-0.2, -0.15) is 5.26 Å². The number of nitriles is 1. The zero-order valence-electron chi connectivity index (χ0n) is 15.7. The lowest BCUT2D eigenvalue weighted by molar-refractivity contribution is 0.380. The van der Waals surface area contributed by atoms with Gasteiger partial charge in [0.25, 0.3) is 0 Å². The van der Waals surface area contributed by atoms with Crippen molar-refractivity contribution < 1.29 is 0 Å². The monoisotopic (exact) mass is 375 g/mol. The van der Waals surface area contributed by atoms with Crippen LogP contribution in [0, 0.1) is 23.2 Å². The van der Waals surface area contributed by atoms with Gasteiger partial charge in [-0.05, 0) is 78.8 Å². The number of benzene rings is 1. The largest absolute Gasteiger partial charge is 0.385 e. The van der Waals surface area contributed by atoms with E-state index >= 15 is 0 Å². The van der Waals surface area contributed by atoms with Gasteiger partial charge in [-0.25, -0.2) is 0 Å². The Morgan fingerprint density at radius 2 is 2.00 bits per heavy atom. The molecule has 0 spiro atoms. The van der Waals surface area contributed by atoms with Gasteiger partial charge in [-0.15, -0.1) is 11.3 Å². The van der Waals surface area contributed by atoms with Crippen molar-refractivity contribution in [2.24, 2.45) is 17.6 Å². The van der Waals surface area contributed by atoms with Crippen molar-refractivity contribution in [3.05, 3.63) is 57.9 Å². The molecule has 2 heterocycles. The molecule has 1 aromatic carbocycles. The van der Waals surface area contributed by atoms with Gasteiger partial charge in [0.1, 0.15) is 11.9 Å². The third kappa shape index (κ3) is 3.04. The summed E-state index contributed by atoms with van der Waals surface area (Å²) in [7, 11) is 0. The van der Waals surface area contributed by atoms with Gasteiger partial charge in [0.15, 0.2) is 0 Å². The first-order valence-corrected chi connectivity index (χ1v) is 10.9. The van der Waals surface area contributed by atoms with E-state index in [1.54, 1.807) is 11.3 Å². The van der Waals surface area contributed by atoms with Crippen molar-refractivity contribution in [1.82, 2.24) is 4.90 Å². The molecule has 2 N–H and O–H groups in total. The summed E-state index contributed by atoms with van der Waals surface area (Å²) in [5.41, 5.74) is 11.5. The lowest BCUT2D eigenvalue weighted by atomic mass is 9.84. The molecule has 3 aliphatic rings. The molecule has 3 nitrogen and oxygen atoms in total. The third-order valence-electron chi connectivity index (χ3n) is 6.26. The second kappa shape index (κ2) is 6.42. The topological polar surface area (TPSA) is 53.1 Å². The molecule has 0 amide bonds. The molecule has 138 valence electrons. The Morgan fingerprint density at radius 1 is 1.22 bits per heavy atom. The molecule has 1 aromatic heterocycles. The molecule has 1 atom stereocenters. The Morgan fingerprint density at radius 3 is 2.70 bits per heavy atom. The van der Waals surface area contributed by atoms with Gasteiger partial charge in [0, 0.05) is 18.2 Å². The SMILES string of the molecule is CC1=CC(c2csc3c(C#N)cccc23)C(CC2CC2)=C(N)N1CC1CC1. The van der Waals surface area contributed by atoms with Crippen LogP contribution in [0.5, 0.6) is 0 Å². The maximum atomic E-state index is 9.45. The standard InChI is InChI=1S/C23H25N3S/c1-14-9-19(21-13-27-22-17(11-24)3-2-4-18(21)22)20(10-15-5-6-15)23(25)26(14)12-16-7-8-16/h2-4,9,13,15-16,19H,5-8,10,12,25H2,1H3. The van der Waals surface area contributed by atoms with Gasteiger partial charge in [0.2, 0.25) is 0 Å². The highest BCUT2D eigenvalue weighted by molar-refractivity contribution is 7.17. The number of thiophene rings is 1. The van der Waals surface area contributed by atoms with E-state index in [4.69, 9.17) is 5.73 Å². The van der Waals surface area contributed by atoms with Crippen LogP contribution in [0.1, 0.15) is 56.1 Å². The van der Waals surface area contributed by atoms with Crippen LogP contribution in [0.2, 0.25) is 0 Å². The summed E-state index contributed by atoms with van der Waals surface area (Å²) in [5, 5.41) is 12.9. The summed E-state index contributed by atoms with van der Waals surface area (Å²) < 4.78 is 1.10. The lowest BCUT2D eigenvalue weighted by Gasteiger charge is -2.35. The van der Waals surface area contributed by atoms with Crippen LogP contribution in [0.25, 0.3) is 10.1 Å². The minimum atomic E-state index is 0.240. The van der Waals surface area contributed by atoms with Gasteiger partial charge in [0.05, 0.1) is 10.3 Å². The first-order chi connectivity index (χ1) is 13.2. The summed E-state index contributed by atoms with van der Waals surface area (Å²) in [6.45, 7) is 3.27. The highest BCUT2D eigenvalue weighted by Crippen LogP contribution is 2.47. The zero-order chi connectivity index (χ0) is 18.5. The second-order valence-corrected chi connectivity index (χ2v) is 9.26. The fraction of sp³-hybridized carbons (Fsp3) is 0.435. The van der Waals surface area contributed by atoms with Crippen LogP contribution < -0.4 is 5.73 Å². The van der Waals surface area contributed by atoms with Gasteiger partial charge >= 0.3 is 0 Å². The molecule has 4 heteroatoms. The molecule has 0 bridgehead atoms. The molecule has 1 unspecified atom stereocenters. The Labute approximate surface area is 164 Å². The van der Waals surface area contributed by atoms with Crippen molar-refractivity contribution in [2.45, 2.75) is 44.9 Å². The average Bonchev–Trinajstić information content (AvgIpc) is 3.60. The molecule has 2 aromatic rings. The van der Waals surface area contributed by atoms with Gasteiger partial charge < -0.3 is 10.6 Å². The number of fused-ring (bicyclic) bond motifs is 1. The van der Waals surface area contributed by atoms with Gasteiger partial charge in [-0.1, -0.05) is 18.2 Å². The number of allylic oxidation sites excluding steroid dienone is 3. The second-order valence-electron chi connectivity index (χ2n) is 8.38. The number of nitrogens with two attached hydrogens (primary N) is 1. The van der Waals surface area contributed by atoms with Crippen LogP contribution in [-0.4, -0.2) is 11.4 Å². The molecule has 5 rings (SSSR count). The molecular formula is C23H25N3S. The summed E-state index contributed by atoms with van der Waals surface area (Å²) in [5.74, 6) is 2.85. The maximum Gasteiger partial charge on any atom is 0.103 e. The van der Waals surface area contributed by atoms with Crippen LogP contribution in [0.3, 0.4) is 0 Å². The van der Waals surface area contributed by atoms with E-state index in [0.29, 0.717) is 0 Å². The van der Waals surface area contributed by atoms with Crippen molar-refractivity contribution in [2.75, 3.05) is 6.54 Å². The zero-order valence-corrected chi connectivity index (χ0v) is 16.6. The van der Waals surface area contributed by atoms with E-state index in [9.17, 15) is 5.26 Å². The number of nitrogens with zero attached hydrogens (tertiary/aromatic N) is 2. The highest BCUT2D eigenvalue weighted by Gasteiger charge is 2.35. The van der Waals surface area contributed by atoms with Crippen molar-refractivity contribution in [1.29, 1.82) is 5.26 Å². The number of rotatable bonds is 5. The Balaban J connectivity index is 1.59. The fourth-order valence-electron chi connectivity index (χ4n) is 4.30. The van der Waals surface area contributed by atoms with Crippen molar-refractivity contribution in [3.63, 3.8) is 0 Å². The molecule has 1 aliphatic heterocycles. The number of hydrogen-bond donors (Lipinski definition) is 1. The summed E-state index contributed by atoms with van der Waals surface area (Å²) in [6, 6.07) is 8.42. The predicted molar refractivity (Wildman–Crippen MR) is 111 cm³/mol. The molecule has 0 radical (unpaired) electrons. The fourth-order valence-corrected chi connectivity index (χ4v) is 5.38. The highest BCUT2D eigenvalue weighted by atomic mass is 32.1. The summed E-state index contributed by atoms with van der Waals surface area (Å²) in [4.78, 5) is 2.36. The van der Waals surface area contributed by atoms with Crippen LogP contribution in [0.4, 0.5) is 0 Å². The third-order valence-corrected chi connectivity index (χ3v) is 7.30.